The molecular weight excluding hydrogens is 612 g/mol. The van der Waals surface area contributed by atoms with E-state index in [0.29, 0.717) is 23.0 Å². The highest BCUT2D eigenvalue weighted by Crippen LogP contribution is 2.59. The van der Waals surface area contributed by atoms with Crippen molar-refractivity contribution in [3.05, 3.63) is 82.3 Å². The van der Waals surface area contributed by atoms with E-state index in [1.807, 2.05) is 56.3 Å². The van der Waals surface area contributed by atoms with Gasteiger partial charge >= 0.3 is 0 Å². The van der Waals surface area contributed by atoms with Crippen LogP contribution in [-0.4, -0.2) is 44.4 Å². The predicted molar refractivity (Wildman–Crippen MR) is 176 cm³/mol. The molecule has 0 saturated carbocycles. The van der Waals surface area contributed by atoms with Gasteiger partial charge in [0, 0.05) is 30.5 Å². The van der Waals surface area contributed by atoms with Gasteiger partial charge in [0.25, 0.3) is 0 Å². The van der Waals surface area contributed by atoms with Gasteiger partial charge in [0.1, 0.15) is 34.3 Å². The Balaban J connectivity index is 1.49. The molecule has 11 nitrogen and oxygen atoms in total. The van der Waals surface area contributed by atoms with Crippen molar-refractivity contribution in [2.75, 3.05) is 5.32 Å². The standard InChI is InChI=1S/C37H40N4O7/c1-7-36(45,8-2)27(43)17-22-15-21-13-14-26-24(16-21)37(23-11-9-10-12-25(23)38-35(37)47-26)31-30(34-40-29(19(5)42)20(6)46-34)41-33(48-31)28(18(3)4)39-32(22)44/h9-14,16,18,22,28,35,38,45H,7-8,15,17H2,1-6H3,(H,39,44)/t22?,28-,35-,37?/m0/s1. The Hall–Kier alpha value is -4.77. The lowest BCUT2D eigenvalue weighted by Gasteiger charge is -2.29. The van der Waals surface area contributed by atoms with Crippen molar-refractivity contribution in [3.63, 3.8) is 0 Å². The molecule has 3 aliphatic heterocycles. The molecule has 3 aliphatic rings. The molecule has 48 heavy (non-hydrogen) atoms. The Morgan fingerprint density at radius 1 is 1.06 bits per heavy atom. The number of oxazole rings is 2. The number of aliphatic hydroxyl groups is 1. The van der Waals surface area contributed by atoms with E-state index in [1.165, 1.54) is 6.92 Å². The van der Waals surface area contributed by atoms with Crippen molar-refractivity contribution >= 4 is 23.2 Å². The third-order valence-electron chi connectivity index (χ3n) is 10.3. The number of fused-ring (bicyclic) bond motifs is 4. The average molecular weight is 653 g/mol. The number of ether oxygens (including phenoxy) is 1. The maximum atomic E-state index is 14.1. The van der Waals surface area contributed by atoms with E-state index in [9.17, 15) is 19.5 Å². The number of carbonyl (C=O) groups is 3. The Morgan fingerprint density at radius 2 is 1.81 bits per heavy atom. The molecule has 0 fully saturated rings. The molecule has 0 saturated heterocycles. The van der Waals surface area contributed by atoms with Crippen molar-refractivity contribution in [2.24, 2.45) is 11.8 Å². The Bertz CT molecular complexity index is 1950. The van der Waals surface area contributed by atoms with Crippen LogP contribution in [0.1, 0.15) is 105 Å². The topological polar surface area (TPSA) is 157 Å². The van der Waals surface area contributed by atoms with Gasteiger partial charge in [0.2, 0.25) is 17.7 Å². The van der Waals surface area contributed by atoms with Gasteiger partial charge in [0.15, 0.2) is 29.2 Å². The first kappa shape index (κ1) is 31.8. The fraction of sp³-hybridized carbons (Fsp3) is 0.432. The highest BCUT2D eigenvalue weighted by atomic mass is 16.5. The highest BCUT2D eigenvalue weighted by Gasteiger charge is 2.61. The number of amides is 1. The molecule has 3 N–H and O–H groups in total. The third-order valence-corrected chi connectivity index (χ3v) is 10.3. The summed E-state index contributed by atoms with van der Waals surface area (Å²) in [4.78, 5) is 49.7. The third kappa shape index (κ3) is 4.69. The van der Waals surface area contributed by atoms with Crippen molar-refractivity contribution < 1.29 is 33.1 Å². The Morgan fingerprint density at radius 3 is 2.50 bits per heavy atom. The number of aromatic nitrogens is 2. The van der Waals surface area contributed by atoms with Gasteiger partial charge in [-0.05, 0) is 55.4 Å². The Kier molecular flexibility index (Phi) is 7.58. The predicted octanol–water partition coefficient (Wildman–Crippen LogP) is 5.81. The van der Waals surface area contributed by atoms with Gasteiger partial charge in [-0.2, -0.15) is 0 Å². The first-order valence-corrected chi connectivity index (χ1v) is 16.6. The summed E-state index contributed by atoms with van der Waals surface area (Å²) in [5.74, 6) is -0.151. The number of nitrogens with zero attached hydrogens (tertiary/aromatic N) is 2. The summed E-state index contributed by atoms with van der Waals surface area (Å²) in [6.07, 6.45) is 0.0113. The van der Waals surface area contributed by atoms with Crippen molar-refractivity contribution in [3.8, 4) is 17.3 Å². The summed E-state index contributed by atoms with van der Waals surface area (Å²) < 4.78 is 19.5. The second-order valence-corrected chi connectivity index (χ2v) is 13.5. The molecule has 4 aromatic rings. The van der Waals surface area contributed by atoms with Gasteiger partial charge in [-0.15, -0.1) is 0 Å². The van der Waals surface area contributed by atoms with Crippen LogP contribution in [0, 0.1) is 18.8 Å². The van der Waals surface area contributed by atoms with E-state index >= 15 is 0 Å². The SMILES string of the molecule is CCC(O)(CC)C(=O)CC1Cc2ccc3c(c2)C2(c4ccccc4N[C@H]2O3)c2oc(nc2-c2nc(C(C)=O)c(C)o2)[C@H](C(C)C)NC1=O. The molecule has 7 rings (SSSR count). The number of rotatable bonds is 8. The minimum Gasteiger partial charge on any atom is -0.469 e. The van der Waals surface area contributed by atoms with Crippen LogP contribution < -0.4 is 15.4 Å². The smallest absolute Gasteiger partial charge is 0.249 e. The molecule has 11 heteroatoms. The molecule has 2 aromatic heterocycles. The minimum atomic E-state index is -1.51. The molecule has 250 valence electrons. The van der Waals surface area contributed by atoms with Crippen LogP contribution in [-0.2, 0) is 21.4 Å². The zero-order chi connectivity index (χ0) is 34.1. The van der Waals surface area contributed by atoms with Crippen LogP contribution in [0.15, 0.2) is 51.3 Å². The maximum Gasteiger partial charge on any atom is 0.249 e. The molecule has 4 bridgehead atoms. The zero-order valence-corrected chi connectivity index (χ0v) is 28.0. The van der Waals surface area contributed by atoms with Crippen molar-refractivity contribution in [1.82, 2.24) is 15.3 Å². The van der Waals surface area contributed by atoms with E-state index in [0.717, 1.165) is 22.4 Å². The molecule has 2 aromatic carbocycles. The summed E-state index contributed by atoms with van der Waals surface area (Å²) in [6.45, 7) is 10.6. The fourth-order valence-electron chi connectivity index (χ4n) is 7.44. The van der Waals surface area contributed by atoms with Gasteiger partial charge in [-0.3, -0.25) is 14.4 Å². The monoisotopic (exact) mass is 652 g/mol. The number of ketones is 2. The molecule has 0 aliphatic carbocycles. The second kappa shape index (κ2) is 11.4. The number of hydrogen-bond acceptors (Lipinski definition) is 10. The van der Waals surface area contributed by atoms with E-state index in [2.05, 4.69) is 15.6 Å². The van der Waals surface area contributed by atoms with Crippen LogP contribution in [0.4, 0.5) is 5.69 Å². The van der Waals surface area contributed by atoms with E-state index in [-0.39, 0.29) is 66.6 Å². The first-order valence-electron chi connectivity index (χ1n) is 16.6. The lowest BCUT2D eigenvalue weighted by Crippen LogP contribution is -2.43. The van der Waals surface area contributed by atoms with Crippen molar-refractivity contribution in [1.29, 1.82) is 0 Å². The number of benzene rings is 2. The maximum absolute atomic E-state index is 14.1. The average Bonchev–Trinajstić information content (AvgIpc) is 3.81. The molecule has 1 amide bonds. The van der Waals surface area contributed by atoms with E-state index < -0.39 is 29.2 Å². The summed E-state index contributed by atoms with van der Waals surface area (Å²) in [7, 11) is 0. The van der Waals surface area contributed by atoms with Gasteiger partial charge in [-0.25, -0.2) is 9.97 Å². The van der Waals surface area contributed by atoms with Crippen LogP contribution in [0.5, 0.6) is 5.75 Å². The summed E-state index contributed by atoms with van der Waals surface area (Å²) in [6, 6.07) is 13.0. The number of anilines is 1. The fourth-order valence-corrected chi connectivity index (χ4v) is 7.44. The molecule has 2 unspecified atom stereocenters. The number of aryl methyl sites for hydroxylation is 1. The lowest BCUT2D eigenvalue weighted by atomic mass is 9.72. The van der Waals surface area contributed by atoms with Crippen LogP contribution in [0.2, 0.25) is 0 Å². The number of carbonyl (C=O) groups excluding carboxylic acids is 3. The highest BCUT2D eigenvalue weighted by molar-refractivity contribution is 5.94. The summed E-state index contributed by atoms with van der Waals surface area (Å²) in [5.41, 5.74) is 1.31. The zero-order valence-electron chi connectivity index (χ0n) is 28.0. The quantitative estimate of drug-likeness (QED) is 0.198. The van der Waals surface area contributed by atoms with E-state index in [1.54, 1.807) is 20.8 Å². The van der Waals surface area contributed by atoms with Crippen molar-refractivity contribution in [2.45, 2.75) is 90.5 Å². The van der Waals surface area contributed by atoms with Crippen LogP contribution in [0.25, 0.3) is 11.6 Å². The second-order valence-electron chi connectivity index (χ2n) is 13.5. The van der Waals surface area contributed by atoms with Gasteiger partial charge in [0.05, 0.1) is 0 Å². The van der Waals surface area contributed by atoms with Gasteiger partial charge in [-0.1, -0.05) is 58.0 Å². The first-order chi connectivity index (χ1) is 22.9. The van der Waals surface area contributed by atoms with Crippen LogP contribution >= 0.6 is 0 Å². The largest absolute Gasteiger partial charge is 0.469 e. The molecule has 0 radical (unpaired) electrons. The summed E-state index contributed by atoms with van der Waals surface area (Å²) in [5, 5.41) is 17.7. The minimum absolute atomic E-state index is 0.121. The number of nitrogens with one attached hydrogen (secondary N) is 2. The number of hydrogen-bond donors (Lipinski definition) is 3. The van der Waals surface area contributed by atoms with Crippen LogP contribution in [0.3, 0.4) is 0 Å². The number of Topliss-reactive ketones (excluding diaryl/α,β-unsaturated/α-hetero) is 2. The summed E-state index contributed by atoms with van der Waals surface area (Å²) >= 11 is 0. The molecule has 1 spiro atoms. The van der Waals surface area contributed by atoms with E-state index in [4.69, 9.17) is 18.6 Å². The lowest BCUT2D eigenvalue weighted by molar-refractivity contribution is -0.141. The molecular formula is C37H40N4O7. The molecule has 5 heterocycles. The van der Waals surface area contributed by atoms with Gasteiger partial charge < -0.3 is 29.3 Å². The number of para-hydroxylation sites is 1. The normalized spacial score (nSPS) is 22.6. The Labute approximate surface area is 278 Å². The molecule has 4 atom stereocenters.